The first-order chi connectivity index (χ1) is 8.47. The van der Waals surface area contributed by atoms with Gasteiger partial charge in [0.05, 0.1) is 0 Å². The van der Waals surface area contributed by atoms with Gasteiger partial charge in [-0.15, -0.1) is 0 Å². The van der Waals surface area contributed by atoms with Crippen LogP contribution in [0.1, 0.15) is 36.3 Å². The van der Waals surface area contributed by atoms with Crippen molar-refractivity contribution in [1.29, 1.82) is 0 Å². The lowest BCUT2D eigenvalue weighted by molar-refractivity contribution is -0.122. The number of aromatic nitrogens is 2. The minimum Gasteiger partial charge on any atom is -0.382 e. The van der Waals surface area contributed by atoms with Crippen LogP contribution in [0.25, 0.3) is 0 Å². The van der Waals surface area contributed by atoms with Crippen LogP contribution in [0.2, 0.25) is 0 Å². The molecule has 2 amide bonds. The Kier molecular flexibility index (Phi) is 4.70. The summed E-state index contributed by atoms with van der Waals surface area (Å²) in [5.41, 5.74) is 6.43. The highest BCUT2D eigenvalue weighted by Crippen LogP contribution is 2.11. The van der Waals surface area contributed by atoms with Gasteiger partial charge in [0.1, 0.15) is 11.6 Å². The minimum absolute atomic E-state index is 0.131. The Hall–Kier alpha value is -2.05. The van der Waals surface area contributed by atoms with Crippen molar-refractivity contribution in [2.24, 2.45) is 0 Å². The number of nitrogens with one attached hydrogen (secondary N) is 3. The summed E-state index contributed by atoms with van der Waals surface area (Å²) in [5.74, 6) is -0.492. The molecule has 7 nitrogen and oxygen atoms in total. The molecule has 0 radical (unpaired) electrons. The van der Waals surface area contributed by atoms with Gasteiger partial charge in [0.25, 0.3) is 5.91 Å². The van der Waals surface area contributed by atoms with Gasteiger partial charge in [-0.2, -0.15) is 5.10 Å². The number of nitrogens with zero attached hydrogens (tertiary/aromatic N) is 1. The average Bonchev–Trinajstić information content (AvgIpc) is 2.65. The molecule has 0 spiro atoms. The first kappa shape index (κ1) is 14.0. The third-order valence-electron chi connectivity index (χ3n) is 2.49. The number of carbonyl (C=O) groups excluding carboxylic acids is 2. The maximum Gasteiger partial charge on any atom is 0.257 e. The van der Waals surface area contributed by atoms with Crippen LogP contribution in [-0.4, -0.2) is 34.6 Å². The molecule has 1 unspecified atom stereocenters. The molecule has 0 saturated heterocycles. The maximum atomic E-state index is 11.9. The highest BCUT2D eigenvalue weighted by Gasteiger charge is 2.20. The molecule has 7 heteroatoms. The van der Waals surface area contributed by atoms with Crippen molar-refractivity contribution in [2.45, 2.75) is 33.2 Å². The van der Waals surface area contributed by atoms with E-state index >= 15 is 0 Å². The van der Waals surface area contributed by atoms with E-state index in [1.807, 2.05) is 6.92 Å². The predicted octanol–water partition coefficient (Wildman–Crippen LogP) is -0.0552. The van der Waals surface area contributed by atoms with E-state index in [9.17, 15) is 9.59 Å². The van der Waals surface area contributed by atoms with Crippen molar-refractivity contribution in [2.75, 3.05) is 12.3 Å². The van der Waals surface area contributed by atoms with E-state index in [0.717, 1.165) is 6.42 Å². The summed E-state index contributed by atoms with van der Waals surface area (Å²) in [4.78, 5) is 23.5. The van der Waals surface area contributed by atoms with Gasteiger partial charge < -0.3 is 16.4 Å². The molecule has 5 N–H and O–H groups in total. The first-order valence-corrected chi connectivity index (χ1v) is 5.86. The second-order valence-electron chi connectivity index (χ2n) is 4.10. The highest BCUT2D eigenvalue weighted by molar-refractivity contribution is 6.01. The predicted molar refractivity (Wildman–Crippen MR) is 68.0 cm³/mol. The van der Waals surface area contributed by atoms with Crippen LogP contribution in [0.3, 0.4) is 0 Å². The second kappa shape index (κ2) is 6.04. The lowest BCUT2D eigenvalue weighted by Gasteiger charge is -2.13. The number of nitrogen functional groups attached to an aromatic ring is 1. The van der Waals surface area contributed by atoms with Gasteiger partial charge in [-0.05, 0) is 20.3 Å². The van der Waals surface area contributed by atoms with Gasteiger partial charge in [0.2, 0.25) is 5.91 Å². The number of hydrogen-bond acceptors (Lipinski definition) is 4. The Morgan fingerprint density at radius 1 is 1.50 bits per heavy atom. The number of aryl methyl sites for hydroxylation is 1. The maximum absolute atomic E-state index is 11.9. The van der Waals surface area contributed by atoms with Crippen molar-refractivity contribution in [1.82, 2.24) is 20.8 Å². The zero-order valence-electron chi connectivity index (χ0n) is 10.8. The summed E-state index contributed by atoms with van der Waals surface area (Å²) >= 11 is 0. The SMILES string of the molecule is CCCNC(=O)C(C)NC(=O)c1c(N)n[nH]c1C. The quantitative estimate of drug-likeness (QED) is 0.589. The summed E-state index contributed by atoms with van der Waals surface area (Å²) in [6.45, 7) is 5.86. The number of aromatic amines is 1. The molecule has 0 aliphatic heterocycles. The number of anilines is 1. The molecule has 18 heavy (non-hydrogen) atoms. The number of nitrogens with two attached hydrogens (primary N) is 1. The van der Waals surface area contributed by atoms with Crippen molar-refractivity contribution >= 4 is 17.6 Å². The fourth-order valence-electron chi connectivity index (χ4n) is 1.47. The van der Waals surface area contributed by atoms with Crippen LogP contribution in [-0.2, 0) is 4.79 Å². The van der Waals surface area contributed by atoms with Crippen molar-refractivity contribution in [3.05, 3.63) is 11.3 Å². The molecule has 1 atom stereocenters. The van der Waals surface area contributed by atoms with Crippen molar-refractivity contribution in [3.63, 3.8) is 0 Å². The summed E-state index contributed by atoms with van der Waals surface area (Å²) in [5, 5.41) is 11.6. The van der Waals surface area contributed by atoms with Crippen molar-refractivity contribution < 1.29 is 9.59 Å². The number of carbonyl (C=O) groups is 2. The Morgan fingerprint density at radius 3 is 2.67 bits per heavy atom. The molecule has 1 aromatic rings. The number of amides is 2. The molecular formula is C11H19N5O2. The van der Waals surface area contributed by atoms with Crippen LogP contribution >= 0.6 is 0 Å². The van der Waals surface area contributed by atoms with Crippen LogP contribution < -0.4 is 16.4 Å². The minimum atomic E-state index is -0.613. The standard InChI is InChI=1S/C11H19N5O2/c1-4-5-13-10(17)7(3)14-11(18)8-6(2)15-16-9(8)12/h7H,4-5H2,1-3H3,(H,13,17)(H,14,18)(H3,12,15,16). The molecule has 0 aromatic carbocycles. The summed E-state index contributed by atoms with van der Waals surface area (Å²) in [7, 11) is 0. The largest absolute Gasteiger partial charge is 0.382 e. The van der Waals surface area contributed by atoms with E-state index in [2.05, 4.69) is 20.8 Å². The summed E-state index contributed by atoms with van der Waals surface area (Å²) in [6, 6.07) is -0.613. The van der Waals surface area contributed by atoms with E-state index in [1.54, 1.807) is 13.8 Å². The molecular weight excluding hydrogens is 234 g/mol. The third kappa shape index (κ3) is 3.22. The van der Waals surface area contributed by atoms with E-state index in [-0.39, 0.29) is 17.3 Å². The summed E-state index contributed by atoms with van der Waals surface area (Å²) in [6.07, 6.45) is 0.847. The highest BCUT2D eigenvalue weighted by atomic mass is 16.2. The van der Waals surface area contributed by atoms with Crippen molar-refractivity contribution in [3.8, 4) is 0 Å². The molecule has 0 fully saturated rings. The Balaban J connectivity index is 2.62. The second-order valence-corrected chi connectivity index (χ2v) is 4.10. The lowest BCUT2D eigenvalue weighted by atomic mass is 10.2. The zero-order valence-corrected chi connectivity index (χ0v) is 10.8. The van der Waals surface area contributed by atoms with Crippen LogP contribution in [0, 0.1) is 6.92 Å². The smallest absolute Gasteiger partial charge is 0.257 e. The Morgan fingerprint density at radius 2 is 2.17 bits per heavy atom. The molecule has 100 valence electrons. The Labute approximate surface area is 106 Å². The van der Waals surface area contributed by atoms with E-state index in [4.69, 9.17) is 5.73 Å². The molecule has 0 bridgehead atoms. The topological polar surface area (TPSA) is 113 Å². The Bertz CT molecular complexity index is 421. The lowest BCUT2D eigenvalue weighted by Crippen LogP contribution is -2.45. The van der Waals surface area contributed by atoms with E-state index < -0.39 is 11.9 Å². The zero-order chi connectivity index (χ0) is 13.7. The van der Waals surface area contributed by atoms with Gasteiger partial charge in [-0.3, -0.25) is 14.7 Å². The van der Waals surface area contributed by atoms with Gasteiger partial charge >= 0.3 is 0 Å². The molecule has 0 aliphatic rings. The van der Waals surface area contributed by atoms with E-state index in [1.165, 1.54) is 0 Å². The van der Waals surface area contributed by atoms with Gasteiger partial charge in [0.15, 0.2) is 5.82 Å². The van der Waals surface area contributed by atoms with Gasteiger partial charge in [-0.1, -0.05) is 6.92 Å². The van der Waals surface area contributed by atoms with Gasteiger partial charge in [-0.25, -0.2) is 0 Å². The fraction of sp³-hybridized carbons (Fsp3) is 0.545. The van der Waals surface area contributed by atoms with Gasteiger partial charge in [0, 0.05) is 12.2 Å². The van der Waals surface area contributed by atoms with Crippen LogP contribution in [0.15, 0.2) is 0 Å². The molecule has 0 saturated carbocycles. The normalized spacial score (nSPS) is 11.9. The third-order valence-corrected chi connectivity index (χ3v) is 2.49. The number of H-pyrrole nitrogens is 1. The van der Waals surface area contributed by atoms with E-state index in [0.29, 0.717) is 12.2 Å². The molecule has 1 aromatic heterocycles. The molecule has 0 aliphatic carbocycles. The van der Waals surface area contributed by atoms with Crippen LogP contribution in [0.5, 0.6) is 0 Å². The monoisotopic (exact) mass is 253 g/mol. The number of hydrogen-bond donors (Lipinski definition) is 4. The first-order valence-electron chi connectivity index (χ1n) is 5.86. The fourth-order valence-corrected chi connectivity index (χ4v) is 1.47. The number of rotatable bonds is 5. The summed E-state index contributed by atoms with van der Waals surface area (Å²) < 4.78 is 0. The van der Waals surface area contributed by atoms with Crippen LogP contribution in [0.4, 0.5) is 5.82 Å². The molecule has 1 heterocycles. The molecule has 1 rings (SSSR count). The average molecular weight is 253 g/mol.